The molecule has 94 valence electrons. The monoisotopic (exact) mass is 234 g/mol. The minimum absolute atomic E-state index is 0.520. The zero-order chi connectivity index (χ0) is 12.4. The summed E-state index contributed by atoms with van der Waals surface area (Å²) < 4.78 is 0. The summed E-state index contributed by atoms with van der Waals surface area (Å²) >= 11 is 0. The van der Waals surface area contributed by atoms with Crippen molar-refractivity contribution in [1.82, 2.24) is 9.88 Å². The minimum atomic E-state index is 0.520. The predicted octanol–water partition coefficient (Wildman–Crippen LogP) is 1.50. The zero-order valence-corrected chi connectivity index (χ0v) is 11.0. The number of rotatable bonds is 2. The lowest BCUT2D eigenvalue weighted by atomic mass is 10.0. The summed E-state index contributed by atoms with van der Waals surface area (Å²) in [4.78, 5) is 9.06. The molecule has 2 rings (SSSR count). The van der Waals surface area contributed by atoms with Crippen LogP contribution in [0.1, 0.15) is 18.4 Å². The molecule has 1 aromatic rings. The van der Waals surface area contributed by atoms with Crippen molar-refractivity contribution in [3.05, 3.63) is 17.8 Å². The van der Waals surface area contributed by atoms with E-state index in [0.717, 1.165) is 23.6 Å². The van der Waals surface area contributed by atoms with Crippen LogP contribution in [0.3, 0.4) is 0 Å². The lowest BCUT2D eigenvalue weighted by Crippen LogP contribution is -2.45. The van der Waals surface area contributed by atoms with Gasteiger partial charge in [-0.05, 0) is 45.0 Å². The molecule has 1 fully saturated rings. The molecule has 2 heterocycles. The standard InChI is InChI=1S/C13H22N4/c1-10-7-12(14)13(15-8-10)17(3)11-5-4-6-16(2)9-11/h7-8,11H,4-6,9,14H2,1-3H3. The first-order chi connectivity index (χ1) is 8.08. The average Bonchev–Trinajstić information content (AvgIpc) is 2.28. The number of anilines is 2. The molecule has 1 atom stereocenters. The summed E-state index contributed by atoms with van der Waals surface area (Å²) in [6.07, 6.45) is 4.35. The van der Waals surface area contributed by atoms with Crippen molar-refractivity contribution in [3.63, 3.8) is 0 Å². The maximum absolute atomic E-state index is 6.05. The minimum Gasteiger partial charge on any atom is -0.396 e. The first kappa shape index (κ1) is 12.2. The van der Waals surface area contributed by atoms with Gasteiger partial charge in [0.25, 0.3) is 0 Å². The summed E-state index contributed by atoms with van der Waals surface area (Å²) in [6, 6.07) is 2.51. The van der Waals surface area contributed by atoms with Crippen molar-refractivity contribution >= 4 is 11.5 Å². The second-order valence-electron chi connectivity index (χ2n) is 5.09. The highest BCUT2D eigenvalue weighted by Gasteiger charge is 2.23. The number of aryl methyl sites for hydroxylation is 1. The van der Waals surface area contributed by atoms with E-state index in [1.54, 1.807) is 0 Å². The molecule has 4 heteroatoms. The summed E-state index contributed by atoms with van der Waals surface area (Å²) in [5.41, 5.74) is 7.94. The Balaban J connectivity index is 2.15. The maximum atomic E-state index is 6.05. The molecule has 17 heavy (non-hydrogen) atoms. The number of piperidine rings is 1. The fourth-order valence-electron chi connectivity index (χ4n) is 2.51. The van der Waals surface area contributed by atoms with Gasteiger partial charge in [0.05, 0.1) is 5.69 Å². The van der Waals surface area contributed by atoms with E-state index < -0.39 is 0 Å². The van der Waals surface area contributed by atoms with E-state index in [9.17, 15) is 0 Å². The molecule has 1 aromatic heterocycles. The highest BCUT2D eigenvalue weighted by atomic mass is 15.2. The van der Waals surface area contributed by atoms with Gasteiger partial charge in [-0.15, -0.1) is 0 Å². The second kappa shape index (κ2) is 4.92. The summed E-state index contributed by atoms with van der Waals surface area (Å²) in [7, 11) is 4.27. The van der Waals surface area contributed by atoms with Gasteiger partial charge in [-0.25, -0.2) is 4.98 Å². The molecule has 2 N–H and O–H groups in total. The Kier molecular flexibility index (Phi) is 3.52. The quantitative estimate of drug-likeness (QED) is 0.842. The SMILES string of the molecule is Cc1cnc(N(C)C2CCCN(C)C2)c(N)c1. The van der Waals surface area contributed by atoms with Crippen molar-refractivity contribution in [2.45, 2.75) is 25.8 Å². The first-order valence-corrected chi connectivity index (χ1v) is 6.21. The number of hydrogen-bond donors (Lipinski definition) is 1. The number of likely N-dealkylation sites (N-methyl/N-ethyl adjacent to an activating group) is 2. The Bertz CT molecular complexity index is 391. The Morgan fingerprint density at radius 3 is 2.94 bits per heavy atom. The van der Waals surface area contributed by atoms with E-state index >= 15 is 0 Å². The van der Waals surface area contributed by atoms with Crippen LogP contribution in [0.5, 0.6) is 0 Å². The van der Waals surface area contributed by atoms with Gasteiger partial charge >= 0.3 is 0 Å². The van der Waals surface area contributed by atoms with Crippen LogP contribution in [-0.4, -0.2) is 43.1 Å². The van der Waals surface area contributed by atoms with Crippen molar-refractivity contribution in [2.75, 3.05) is 37.8 Å². The molecule has 0 aromatic carbocycles. The van der Waals surface area contributed by atoms with Crippen molar-refractivity contribution < 1.29 is 0 Å². The lowest BCUT2D eigenvalue weighted by molar-refractivity contribution is 0.247. The van der Waals surface area contributed by atoms with Crippen LogP contribution >= 0.6 is 0 Å². The third-order valence-electron chi connectivity index (χ3n) is 3.51. The molecule has 0 saturated carbocycles. The Morgan fingerprint density at radius 1 is 1.53 bits per heavy atom. The zero-order valence-electron chi connectivity index (χ0n) is 11.0. The topological polar surface area (TPSA) is 45.4 Å². The number of nitrogen functional groups attached to an aromatic ring is 1. The third-order valence-corrected chi connectivity index (χ3v) is 3.51. The van der Waals surface area contributed by atoms with E-state index in [4.69, 9.17) is 5.73 Å². The third kappa shape index (κ3) is 2.69. The first-order valence-electron chi connectivity index (χ1n) is 6.21. The van der Waals surface area contributed by atoms with E-state index in [0.29, 0.717) is 6.04 Å². The number of pyridine rings is 1. The van der Waals surface area contributed by atoms with Gasteiger partial charge in [0, 0.05) is 25.8 Å². The molecule has 0 spiro atoms. The van der Waals surface area contributed by atoms with Gasteiger partial charge in [0.1, 0.15) is 0 Å². The lowest BCUT2D eigenvalue weighted by Gasteiger charge is -2.36. The molecular weight excluding hydrogens is 212 g/mol. The highest BCUT2D eigenvalue weighted by Crippen LogP contribution is 2.24. The van der Waals surface area contributed by atoms with E-state index in [-0.39, 0.29) is 0 Å². The van der Waals surface area contributed by atoms with Gasteiger partial charge in [-0.1, -0.05) is 0 Å². The number of aromatic nitrogens is 1. The summed E-state index contributed by atoms with van der Waals surface area (Å²) in [5, 5.41) is 0. The Hall–Kier alpha value is -1.29. The fourth-order valence-corrected chi connectivity index (χ4v) is 2.51. The molecule has 1 unspecified atom stereocenters. The van der Waals surface area contributed by atoms with Crippen LogP contribution in [0.4, 0.5) is 11.5 Å². The molecule has 0 amide bonds. The van der Waals surface area contributed by atoms with Crippen LogP contribution < -0.4 is 10.6 Å². The van der Waals surface area contributed by atoms with Crippen LogP contribution in [0.25, 0.3) is 0 Å². The predicted molar refractivity (Wildman–Crippen MR) is 72.3 cm³/mol. The van der Waals surface area contributed by atoms with Crippen LogP contribution in [0.15, 0.2) is 12.3 Å². The van der Waals surface area contributed by atoms with Gasteiger partial charge in [0.15, 0.2) is 5.82 Å². The second-order valence-corrected chi connectivity index (χ2v) is 5.09. The van der Waals surface area contributed by atoms with Crippen LogP contribution in [-0.2, 0) is 0 Å². The molecular formula is C13H22N4. The van der Waals surface area contributed by atoms with Crippen molar-refractivity contribution in [3.8, 4) is 0 Å². The smallest absolute Gasteiger partial charge is 0.151 e. The normalized spacial score (nSPS) is 21.5. The fraction of sp³-hybridized carbons (Fsp3) is 0.615. The van der Waals surface area contributed by atoms with Crippen molar-refractivity contribution in [2.24, 2.45) is 0 Å². The molecule has 0 bridgehead atoms. The van der Waals surface area contributed by atoms with E-state index in [1.807, 2.05) is 19.2 Å². The Morgan fingerprint density at radius 2 is 2.29 bits per heavy atom. The van der Waals surface area contributed by atoms with E-state index in [1.165, 1.54) is 19.4 Å². The number of nitrogens with two attached hydrogens (primary N) is 1. The Labute approximate surface area is 103 Å². The van der Waals surface area contributed by atoms with Crippen molar-refractivity contribution in [1.29, 1.82) is 0 Å². The van der Waals surface area contributed by atoms with Crippen LogP contribution in [0, 0.1) is 6.92 Å². The highest BCUT2D eigenvalue weighted by molar-refractivity contribution is 5.63. The molecule has 0 aliphatic carbocycles. The number of nitrogens with zero attached hydrogens (tertiary/aromatic N) is 3. The van der Waals surface area contributed by atoms with Crippen LogP contribution in [0.2, 0.25) is 0 Å². The summed E-state index contributed by atoms with van der Waals surface area (Å²) in [5.74, 6) is 0.913. The van der Waals surface area contributed by atoms with Gasteiger partial charge < -0.3 is 15.5 Å². The maximum Gasteiger partial charge on any atom is 0.151 e. The molecule has 0 radical (unpaired) electrons. The summed E-state index contributed by atoms with van der Waals surface area (Å²) in [6.45, 7) is 4.30. The van der Waals surface area contributed by atoms with Gasteiger partial charge in [-0.2, -0.15) is 0 Å². The largest absolute Gasteiger partial charge is 0.396 e. The van der Waals surface area contributed by atoms with E-state index in [2.05, 4.69) is 28.9 Å². The molecule has 1 aliphatic rings. The molecule has 1 saturated heterocycles. The number of likely N-dealkylation sites (tertiary alicyclic amines) is 1. The molecule has 1 aliphatic heterocycles. The van der Waals surface area contributed by atoms with Gasteiger partial charge in [0.2, 0.25) is 0 Å². The number of hydrogen-bond acceptors (Lipinski definition) is 4. The molecule has 4 nitrogen and oxygen atoms in total. The average molecular weight is 234 g/mol. The van der Waals surface area contributed by atoms with Gasteiger partial charge in [-0.3, -0.25) is 0 Å².